The summed E-state index contributed by atoms with van der Waals surface area (Å²) in [5.41, 5.74) is 3.82. The summed E-state index contributed by atoms with van der Waals surface area (Å²) in [6.45, 7) is 4.00. The molecule has 0 saturated carbocycles. The normalized spacial score (nSPS) is 11.4. The van der Waals surface area contributed by atoms with Crippen LogP contribution in [0.2, 0.25) is 0 Å². The molecule has 1 radical (unpaired) electrons. The lowest BCUT2D eigenvalue weighted by molar-refractivity contribution is 0.514. The van der Waals surface area contributed by atoms with Gasteiger partial charge in [0.25, 0.3) is 0 Å². The van der Waals surface area contributed by atoms with Gasteiger partial charge >= 0.3 is 0 Å². The van der Waals surface area contributed by atoms with E-state index >= 15 is 0 Å². The van der Waals surface area contributed by atoms with E-state index in [2.05, 4.69) is 89.3 Å². The maximum absolute atomic E-state index is 4.41. The molecule has 25 heavy (non-hydrogen) atoms. The standard InChI is InChI=1S/C23H19N2/c1-19-17-25(18-24-19)23(20-11-5-2-6-12-20,21-13-7-3-8-14-21)22-15-9-4-10-16-22/h2-18H,1H2. The largest absolute Gasteiger partial charge is 0.319 e. The molecule has 3 aromatic carbocycles. The fraction of sp³-hybridized carbons (Fsp3) is 0.0435. The SMILES string of the molecule is [CH2]c1cn(C(c2ccccc2)(c2ccccc2)c2ccccc2)cn1. The zero-order valence-electron chi connectivity index (χ0n) is 13.9. The zero-order valence-corrected chi connectivity index (χ0v) is 13.9. The van der Waals surface area contributed by atoms with Crippen molar-refractivity contribution in [2.24, 2.45) is 0 Å². The van der Waals surface area contributed by atoms with Crippen molar-refractivity contribution >= 4 is 0 Å². The van der Waals surface area contributed by atoms with Gasteiger partial charge in [-0.1, -0.05) is 91.0 Å². The van der Waals surface area contributed by atoms with Crippen LogP contribution in [-0.2, 0) is 5.54 Å². The fourth-order valence-corrected chi connectivity index (χ4v) is 3.53. The van der Waals surface area contributed by atoms with Crippen LogP contribution in [0.25, 0.3) is 0 Å². The molecule has 0 spiro atoms. The minimum absolute atomic E-state index is 0.493. The van der Waals surface area contributed by atoms with Crippen molar-refractivity contribution in [3.8, 4) is 0 Å². The van der Waals surface area contributed by atoms with Crippen LogP contribution in [-0.4, -0.2) is 9.55 Å². The zero-order chi connectivity index (χ0) is 17.1. The number of hydrogen-bond donors (Lipinski definition) is 0. The predicted molar refractivity (Wildman–Crippen MR) is 101 cm³/mol. The molecule has 4 aromatic rings. The van der Waals surface area contributed by atoms with Crippen molar-refractivity contribution < 1.29 is 0 Å². The van der Waals surface area contributed by atoms with Gasteiger partial charge in [-0.2, -0.15) is 0 Å². The molecule has 0 saturated heterocycles. The monoisotopic (exact) mass is 323 g/mol. The van der Waals surface area contributed by atoms with Crippen molar-refractivity contribution in [1.29, 1.82) is 0 Å². The number of imidazole rings is 1. The number of hydrogen-bond acceptors (Lipinski definition) is 1. The lowest BCUT2D eigenvalue weighted by atomic mass is 9.77. The van der Waals surface area contributed by atoms with Gasteiger partial charge in [0.05, 0.1) is 12.0 Å². The van der Waals surface area contributed by atoms with Crippen LogP contribution in [0, 0.1) is 6.92 Å². The van der Waals surface area contributed by atoms with Crippen LogP contribution in [0.1, 0.15) is 22.4 Å². The maximum Gasteiger partial charge on any atom is 0.121 e. The van der Waals surface area contributed by atoms with E-state index in [4.69, 9.17) is 0 Å². The molecule has 1 heterocycles. The Labute approximate surface area is 148 Å². The van der Waals surface area contributed by atoms with Crippen LogP contribution in [0.15, 0.2) is 104 Å². The molecule has 0 fully saturated rings. The van der Waals surface area contributed by atoms with Gasteiger partial charge in [0.1, 0.15) is 5.54 Å². The van der Waals surface area contributed by atoms with E-state index in [1.807, 2.05) is 30.7 Å². The Bertz CT molecular complexity index is 844. The second kappa shape index (κ2) is 6.40. The highest BCUT2D eigenvalue weighted by Crippen LogP contribution is 2.40. The van der Waals surface area contributed by atoms with Gasteiger partial charge in [-0.05, 0) is 23.6 Å². The summed E-state index contributed by atoms with van der Waals surface area (Å²) < 4.78 is 2.16. The van der Waals surface area contributed by atoms with E-state index < -0.39 is 5.54 Å². The Balaban J connectivity index is 2.12. The second-order valence-electron chi connectivity index (χ2n) is 6.08. The summed E-state index contributed by atoms with van der Waals surface area (Å²) in [5.74, 6) is 0. The smallest absolute Gasteiger partial charge is 0.121 e. The summed E-state index contributed by atoms with van der Waals surface area (Å²) in [5, 5.41) is 0. The van der Waals surface area contributed by atoms with Gasteiger partial charge in [0.15, 0.2) is 0 Å². The van der Waals surface area contributed by atoms with Crippen LogP contribution >= 0.6 is 0 Å². The first kappa shape index (κ1) is 15.4. The average molecular weight is 323 g/mol. The molecule has 0 aliphatic rings. The van der Waals surface area contributed by atoms with Crippen molar-refractivity contribution in [3.63, 3.8) is 0 Å². The average Bonchev–Trinajstić information content (AvgIpc) is 3.12. The van der Waals surface area contributed by atoms with Gasteiger partial charge in [-0.3, -0.25) is 0 Å². The molecule has 0 bridgehead atoms. The molecule has 0 aliphatic carbocycles. The maximum atomic E-state index is 4.41. The predicted octanol–water partition coefficient (Wildman–Crippen LogP) is 4.91. The van der Waals surface area contributed by atoms with Gasteiger partial charge in [-0.25, -0.2) is 4.98 Å². The molecule has 0 atom stereocenters. The highest BCUT2D eigenvalue weighted by Gasteiger charge is 2.38. The van der Waals surface area contributed by atoms with Crippen LogP contribution in [0.4, 0.5) is 0 Å². The van der Waals surface area contributed by atoms with Gasteiger partial charge in [0.2, 0.25) is 0 Å². The summed E-state index contributed by atoms with van der Waals surface area (Å²) in [4.78, 5) is 4.41. The molecule has 4 rings (SSSR count). The summed E-state index contributed by atoms with van der Waals surface area (Å²) in [6, 6.07) is 31.6. The summed E-state index contributed by atoms with van der Waals surface area (Å²) >= 11 is 0. The molecule has 0 aliphatic heterocycles. The quantitative estimate of drug-likeness (QED) is 0.488. The Morgan fingerprint density at radius 2 is 1.04 bits per heavy atom. The Kier molecular flexibility index (Phi) is 3.95. The lowest BCUT2D eigenvalue weighted by Gasteiger charge is -2.37. The molecule has 2 nitrogen and oxygen atoms in total. The third-order valence-electron chi connectivity index (χ3n) is 4.60. The van der Waals surface area contributed by atoms with Gasteiger partial charge < -0.3 is 4.57 Å². The van der Waals surface area contributed by atoms with E-state index in [1.165, 1.54) is 16.7 Å². The first-order chi connectivity index (χ1) is 12.3. The Morgan fingerprint density at radius 1 is 0.640 bits per heavy atom. The second-order valence-corrected chi connectivity index (χ2v) is 6.08. The van der Waals surface area contributed by atoms with Crippen molar-refractivity contribution in [3.05, 3.63) is 133 Å². The van der Waals surface area contributed by atoms with Crippen LogP contribution in [0.5, 0.6) is 0 Å². The third kappa shape index (κ3) is 2.56. The van der Waals surface area contributed by atoms with E-state index in [0.717, 1.165) is 5.69 Å². The first-order valence-electron chi connectivity index (χ1n) is 8.35. The third-order valence-corrected chi connectivity index (χ3v) is 4.60. The van der Waals surface area contributed by atoms with Gasteiger partial charge in [0, 0.05) is 6.20 Å². The summed E-state index contributed by atoms with van der Waals surface area (Å²) in [7, 11) is 0. The van der Waals surface area contributed by atoms with Crippen molar-refractivity contribution in [2.45, 2.75) is 5.54 Å². The molecule has 0 amide bonds. The number of rotatable bonds is 4. The minimum atomic E-state index is -0.493. The molecular formula is C23H19N2. The fourth-order valence-electron chi connectivity index (χ4n) is 3.53. The summed E-state index contributed by atoms with van der Waals surface area (Å²) in [6.07, 6.45) is 3.88. The number of nitrogens with zero attached hydrogens (tertiary/aromatic N) is 2. The Morgan fingerprint density at radius 3 is 1.36 bits per heavy atom. The number of benzene rings is 3. The topological polar surface area (TPSA) is 17.8 Å². The molecule has 0 N–H and O–H groups in total. The lowest BCUT2D eigenvalue weighted by Crippen LogP contribution is -2.36. The minimum Gasteiger partial charge on any atom is -0.319 e. The van der Waals surface area contributed by atoms with E-state index in [-0.39, 0.29) is 0 Å². The van der Waals surface area contributed by atoms with E-state index in [0.29, 0.717) is 0 Å². The first-order valence-corrected chi connectivity index (χ1v) is 8.35. The highest BCUT2D eigenvalue weighted by molar-refractivity contribution is 5.50. The molecular weight excluding hydrogens is 304 g/mol. The number of aromatic nitrogens is 2. The van der Waals surface area contributed by atoms with Crippen molar-refractivity contribution in [2.75, 3.05) is 0 Å². The van der Waals surface area contributed by atoms with Crippen LogP contribution < -0.4 is 0 Å². The molecule has 2 heteroatoms. The van der Waals surface area contributed by atoms with Gasteiger partial charge in [-0.15, -0.1) is 0 Å². The van der Waals surface area contributed by atoms with Crippen molar-refractivity contribution in [1.82, 2.24) is 9.55 Å². The molecule has 1 aromatic heterocycles. The molecule has 0 unspecified atom stereocenters. The van der Waals surface area contributed by atoms with E-state index in [1.54, 1.807) is 0 Å². The van der Waals surface area contributed by atoms with E-state index in [9.17, 15) is 0 Å². The highest BCUT2D eigenvalue weighted by atomic mass is 15.1. The van der Waals surface area contributed by atoms with Crippen LogP contribution in [0.3, 0.4) is 0 Å². The Hall–Kier alpha value is -3.13. The molecule has 121 valence electrons.